The molecule has 2 rings (SSSR count). The van der Waals surface area contributed by atoms with Gasteiger partial charge in [0.05, 0.1) is 13.2 Å². The number of nitrogens with one attached hydrogen (secondary N) is 1. The van der Waals surface area contributed by atoms with Crippen LogP contribution in [0.1, 0.15) is 43.2 Å². The second-order valence-corrected chi connectivity index (χ2v) is 5.11. The average Bonchev–Trinajstić information content (AvgIpc) is 2.46. The number of guanidine groups is 1. The number of hydrogen-bond donors (Lipinski definition) is 3. The summed E-state index contributed by atoms with van der Waals surface area (Å²) >= 11 is 0. The normalized spacial score (nSPS) is 17.4. The van der Waals surface area contributed by atoms with Crippen molar-refractivity contribution in [3.05, 3.63) is 35.4 Å². The van der Waals surface area contributed by atoms with Crippen molar-refractivity contribution in [1.82, 2.24) is 5.32 Å². The van der Waals surface area contributed by atoms with Gasteiger partial charge < -0.3 is 16.2 Å². The Labute approximate surface area is 114 Å². The number of aliphatic hydroxyl groups excluding tert-OH is 1. The molecule has 0 radical (unpaired) electrons. The first-order chi connectivity index (χ1) is 9.29. The van der Waals surface area contributed by atoms with E-state index in [1.807, 2.05) is 24.3 Å². The molecule has 19 heavy (non-hydrogen) atoms. The topological polar surface area (TPSA) is 70.6 Å². The van der Waals surface area contributed by atoms with Crippen molar-refractivity contribution in [2.75, 3.05) is 0 Å². The van der Waals surface area contributed by atoms with Gasteiger partial charge in [-0.1, -0.05) is 43.5 Å². The zero-order valence-electron chi connectivity index (χ0n) is 11.3. The second-order valence-electron chi connectivity index (χ2n) is 5.11. The molecule has 4 N–H and O–H groups in total. The van der Waals surface area contributed by atoms with E-state index in [-0.39, 0.29) is 6.61 Å². The van der Waals surface area contributed by atoms with Gasteiger partial charge in [0.25, 0.3) is 0 Å². The van der Waals surface area contributed by atoms with Gasteiger partial charge in [0.15, 0.2) is 5.96 Å². The van der Waals surface area contributed by atoms with Crippen molar-refractivity contribution < 1.29 is 5.11 Å². The summed E-state index contributed by atoms with van der Waals surface area (Å²) in [6.07, 6.45) is 6.25. The van der Waals surface area contributed by atoms with Crippen LogP contribution in [0, 0.1) is 0 Å². The molecule has 1 aliphatic carbocycles. The highest BCUT2D eigenvalue weighted by Gasteiger charge is 2.13. The van der Waals surface area contributed by atoms with E-state index in [1.54, 1.807) is 0 Å². The highest BCUT2D eigenvalue weighted by Crippen LogP contribution is 2.17. The predicted molar refractivity (Wildman–Crippen MR) is 77.7 cm³/mol. The van der Waals surface area contributed by atoms with Crippen molar-refractivity contribution in [1.29, 1.82) is 0 Å². The van der Waals surface area contributed by atoms with Crippen LogP contribution in [0.4, 0.5) is 0 Å². The van der Waals surface area contributed by atoms with Crippen LogP contribution in [0.5, 0.6) is 0 Å². The average molecular weight is 261 g/mol. The Bertz CT molecular complexity index is 425. The lowest BCUT2D eigenvalue weighted by molar-refractivity contribution is 0.280. The molecule has 0 spiro atoms. The van der Waals surface area contributed by atoms with Crippen LogP contribution >= 0.6 is 0 Å². The van der Waals surface area contributed by atoms with Gasteiger partial charge in [-0.2, -0.15) is 0 Å². The predicted octanol–water partition coefficient (Wildman–Crippen LogP) is 1.92. The molecule has 1 aliphatic rings. The zero-order chi connectivity index (χ0) is 13.5. The van der Waals surface area contributed by atoms with Crippen LogP contribution in [-0.2, 0) is 13.2 Å². The van der Waals surface area contributed by atoms with E-state index in [9.17, 15) is 5.11 Å². The third-order valence-electron chi connectivity index (χ3n) is 3.67. The summed E-state index contributed by atoms with van der Waals surface area (Å²) in [6, 6.07) is 8.24. The summed E-state index contributed by atoms with van der Waals surface area (Å²) in [7, 11) is 0. The third-order valence-corrected chi connectivity index (χ3v) is 3.67. The number of nitrogens with zero attached hydrogens (tertiary/aromatic N) is 1. The Morgan fingerprint density at radius 1 is 1.21 bits per heavy atom. The summed E-state index contributed by atoms with van der Waals surface area (Å²) in [4.78, 5) is 4.37. The summed E-state index contributed by atoms with van der Waals surface area (Å²) in [5.74, 6) is 0.514. The number of rotatable bonds is 4. The first-order valence-corrected chi connectivity index (χ1v) is 7.03. The summed E-state index contributed by atoms with van der Waals surface area (Å²) in [6.45, 7) is 0.559. The van der Waals surface area contributed by atoms with Crippen molar-refractivity contribution in [3.63, 3.8) is 0 Å². The number of nitrogens with two attached hydrogens (primary N) is 1. The molecular weight excluding hydrogens is 238 g/mol. The molecule has 104 valence electrons. The van der Waals surface area contributed by atoms with E-state index < -0.39 is 0 Å². The first-order valence-electron chi connectivity index (χ1n) is 7.03. The molecule has 0 saturated heterocycles. The second kappa shape index (κ2) is 7.14. The van der Waals surface area contributed by atoms with Gasteiger partial charge in [-0.25, -0.2) is 4.99 Å². The highest BCUT2D eigenvalue weighted by molar-refractivity contribution is 5.78. The summed E-state index contributed by atoms with van der Waals surface area (Å²) in [5, 5.41) is 12.5. The Morgan fingerprint density at radius 3 is 2.58 bits per heavy atom. The lowest BCUT2D eigenvalue weighted by Crippen LogP contribution is -2.41. The smallest absolute Gasteiger partial charge is 0.189 e. The van der Waals surface area contributed by atoms with Crippen LogP contribution in [0.25, 0.3) is 0 Å². The quantitative estimate of drug-likeness (QED) is 0.573. The van der Waals surface area contributed by atoms with Gasteiger partial charge in [-0.15, -0.1) is 0 Å². The molecule has 4 heteroatoms. The molecule has 0 atom stereocenters. The Kier molecular flexibility index (Phi) is 5.21. The first kappa shape index (κ1) is 13.9. The lowest BCUT2D eigenvalue weighted by Gasteiger charge is -2.23. The van der Waals surface area contributed by atoms with Crippen LogP contribution < -0.4 is 11.1 Å². The summed E-state index contributed by atoms with van der Waals surface area (Å²) < 4.78 is 0. The molecule has 0 bridgehead atoms. The zero-order valence-corrected chi connectivity index (χ0v) is 11.3. The number of aliphatic hydroxyl groups is 1. The molecule has 0 amide bonds. The molecule has 0 heterocycles. The van der Waals surface area contributed by atoms with Gasteiger partial charge in [0, 0.05) is 6.04 Å². The molecular formula is C15H23N3O. The minimum absolute atomic E-state index is 0.0433. The molecule has 1 aromatic rings. The molecule has 1 fully saturated rings. The largest absolute Gasteiger partial charge is 0.392 e. The van der Waals surface area contributed by atoms with E-state index in [2.05, 4.69) is 10.3 Å². The fourth-order valence-corrected chi connectivity index (χ4v) is 2.54. The minimum atomic E-state index is 0.0433. The monoisotopic (exact) mass is 261 g/mol. The Balaban J connectivity index is 1.89. The van der Waals surface area contributed by atoms with E-state index in [0.29, 0.717) is 18.5 Å². The molecule has 0 aromatic heterocycles. The van der Waals surface area contributed by atoms with Crippen molar-refractivity contribution in [2.45, 2.75) is 51.3 Å². The molecule has 1 saturated carbocycles. The Hall–Kier alpha value is -1.55. The Morgan fingerprint density at radius 2 is 1.89 bits per heavy atom. The third kappa shape index (κ3) is 4.24. The molecule has 1 aromatic carbocycles. The maximum Gasteiger partial charge on any atom is 0.189 e. The van der Waals surface area contributed by atoms with Gasteiger partial charge in [0.2, 0.25) is 0 Å². The van der Waals surface area contributed by atoms with Gasteiger partial charge >= 0.3 is 0 Å². The van der Waals surface area contributed by atoms with Crippen LogP contribution in [0.15, 0.2) is 29.3 Å². The number of benzene rings is 1. The number of aliphatic imine (C=N–C) groups is 1. The fraction of sp³-hybridized carbons (Fsp3) is 0.533. The van der Waals surface area contributed by atoms with Gasteiger partial charge in [-0.05, 0) is 24.0 Å². The standard InChI is InChI=1S/C15H23N3O/c16-15(18-14-8-2-1-3-9-14)17-10-12-6-4-5-7-13(12)11-19/h4-7,14,19H,1-3,8-11H2,(H3,16,17,18). The van der Waals surface area contributed by atoms with Crippen molar-refractivity contribution in [2.24, 2.45) is 10.7 Å². The van der Waals surface area contributed by atoms with Crippen molar-refractivity contribution >= 4 is 5.96 Å². The van der Waals surface area contributed by atoms with Gasteiger partial charge in [-0.3, -0.25) is 0 Å². The van der Waals surface area contributed by atoms with E-state index in [4.69, 9.17) is 5.73 Å². The maximum absolute atomic E-state index is 9.25. The SMILES string of the molecule is NC(=NCc1ccccc1CO)NC1CCCCC1. The summed E-state index contributed by atoms with van der Waals surface area (Å²) in [5.41, 5.74) is 7.86. The van der Waals surface area contributed by atoms with E-state index >= 15 is 0 Å². The highest BCUT2D eigenvalue weighted by atomic mass is 16.3. The van der Waals surface area contributed by atoms with Crippen LogP contribution in [-0.4, -0.2) is 17.1 Å². The minimum Gasteiger partial charge on any atom is -0.392 e. The number of hydrogen-bond acceptors (Lipinski definition) is 2. The molecule has 0 aliphatic heterocycles. The molecule has 0 unspecified atom stereocenters. The van der Waals surface area contributed by atoms with E-state index in [1.165, 1.54) is 32.1 Å². The van der Waals surface area contributed by atoms with Gasteiger partial charge in [0.1, 0.15) is 0 Å². The lowest BCUT2D eigenvalue weighted by atomic mass is 9.96. The molecule has 4 nitrogen and oxygen atoms in total. The fourth-order valence-electron chi connectivity index (χ4n) is 2.54. The maximum atomic E-state index is 9.25. The van der Waals surface area contributed by atoms with Crippen LogP contribution in [0.2, 0.25) is 0 Å². The van der Waals surface area contributed by atoms with E-state index in [0.717, 1.165) is 11.1 Å². The van der Waals surface area contributed by atoms with Crippen LogP contribution in [0.3, 0.4) is 0 Å². The van der Waals surface area contributed by atoms with Crippen molar-refractivity contribution in [3.8, 4) is 0 Å².